The van der Waals surface area contributed by atoms with Crippen LogP contribution in [0.5, 0.6) is 0 Å². The Labute approximate surface area is 384 Å². The lowest BCUT2D eigenvalue weighted by atomic mass is 9.99. The molecule has 1 aliphatic heterocycles. The summed E-state index contributed by atoms with van der Waals surface area (Å²) in [6.07, 6.45) is 31.4. The number of amides is 1. The predicted molar refractivity (Wildman–Crippen MR) is 252 cm³/mol. The third kappa shape index (κ3) is 32.4. The van der Waals surface area contributed by atoms with Gasteiger partial charge in [-0.25, -0.2) is 4.18 Å². The molecule has 0 aliphatic carbocycles. The smallest absolute Gasteiger partial charge is 0.394 e. The maximum absolute atomic E-state index is 13.2. The molecule has 1 rings (SSSR count). The second kappa shape index (κ2) is 40.2. The summed E-state index contributed by atoms with van der Waals surface area (Å²) < 4.78 is 47.7. The van der Waals surface area contributed by atoms with Gasteiger partial charge in [0.2, 0.25) is 5.91 Å². The lowest BCUT2D eigenvalue weighted by Crippen LogP contribution is -2.61. The quantitative estimate of drug-likeness (QED) is 0.0225. The highest BCUT2D eigenvalue weighted by molar-refractivity contribution is 7.80. The molecule has 0 aromatic carbocycles. The van der Waals surface area contributed by atoms with Gasteiger partial charge in [0.25, 0.3) is 0 Å². The minimum Gasteiger partial charge on any atom is -0.394 e. The zero-order chi connectivity index (χ0) is 46.4. The number of rotatable bonds is 45. The van der Waals surface area contributed by atoms with Crippen molar-refractivity contribution in [3.8, 4) is 0 Å². The van der Waals surface area contributed by atoms with Gasteiger partial charge in [-0.05, 0) is 12.8 Å². The second-order valence-corrected chi connectivity index (χ2v) is 19.7. The van der Waals surface area contributed by atoms with E-state index in [1.54, 1.807) is 0 Å². The Morgan fingerprint density at radius 1 is 0.571 bits per heavy atom. The van der Waals surface area contributed by atoms with Crippen LogP contribution in [-0.2, 0) is 28.9 Å². The molecule has 1 amide bonds. The molecule has 0 radical (unpaired) electrons. The van der Waals surface area contributed by atoms with Crippen LogP contribution in [0.1, 0.15) is 245 Å². The molecular formula is C49H97NO12S. The zero-order valence-corrected chi connectivity index (χ0v) is 40.8. The van der Waals surface area contributed by atoms with Crippen molar-refractivity contribution in [1.29, 1.82) is 0 Å². The van der Waals surface area contributed by atoms with Crippen molar-refractivity contribution < 1.29 is 57.0 Å². The fourth-order valence-electron chi connectivity index (χ4n) is 8.64. The largest absolute Gasteiger partial charge is 0.397 e. The van der Waals surface area contributed by atoms with Crippen LogP contribution in [0.4, 0.5) is 0 Å². The predicted octanol–water partition coefficient (Wildman–Crippen LogP) is 9.92. The summed E-state index contributed by atoms with van der Waals surface area (Å²) in [7, 11) is -5.11. The SMILES string of the molecule is CCCCCCCCCCCCCCCCCCCCCCC(O)C(COC1OC(CO)C(O)C(OS(=O)(=O)O)C1O)NC(=O)C(O)CCCCCCCCCCCCCCCC. The summed E-state index contributed by atoms with van der Waals surface area (Å²) in [6.45, 7) is 3.31. The number of nitrogens with one attached hydrogen (secondary N) is 1. The summed E-state index contributed by atoms with van der Waals surface area (Å²) in [5.41, 5.74) is 0. The van der Waals surface area contributed by atoms with Gasteiger partial charge in [0.15, 0.2) is 6.29 Å². The van der Waals surface area contributed by atoms with Gasteiger partial charge in [0, 0.05) is 0 Å². The van der Waals surface area contributed by atoms with Gasteiger partial charge >= 0.3 is 10.4 Å². The molecule has 0 aromatic heterocycles. The van der Waals surface area contributed by atoms with Crippen LogP contribution >= 0.6 is 0 Å². The molecule has 0 spiro atoms. The molecule has 1 saturated heterocycles. The summed E-state index contributed by atoms with van der Waals surface area (Å²) in [6, 6.07) is -1.03. The highest BCUT2D eigenvalue weighted by atomic mass is 32.3. The number of ether oxygens (including phenoxy) is 2. The Bertz CT molecular complexity index is 1150. The molecule has 7 N–H and O–H groups in total. The standard InChI is InChI=1S/C49H97NO12S/c1-3-5-7-9-11-13-15-17-19-20-21-22-23-24-26-27-29-31-33-35-37-42(52)41(40-60-49-46(55)47(62-63(57,58)59)45(54)44(39-51)61-49)50-48(56)43(53)38-36-34-32-30-28-25-18-16-14-12-10-8-6-4-2/h41-47,49,51-55H,3-40H2,1-2H3,(H,50,56)(H,57,58,59). The van der Waals surface area contributed by atoms with E-state index >= 15 is 0 Å². The maximum atomic E-state index is 13.2. The third-order valence-corrected chi connectivity index (χ3v) is 13.2. The maximum Gasteiger partial charge on any atom is 0.397 e. The Morgan fingerprint density at radius 3 is 1.27 bits per heavy atom. The number of hydrogen-bond donors (Lipinski definition) is 7. The number of aliphatic hydroxyl groups excluding tert-OH is 5. The van der Waals surface area contributed by atoms with E-state index in [2.05, 4.69) is 23.3 Å². The van der Waals surface area contributed by atoms with E-state index in [-0.39, 0.29) is 6.42 Å². The summed E-state index contributed by atoms with van der Waals surface area (Å²) in [5, 5.41) is 55.5. The number of hydrogen-bond acceptors (Lipinski definition) is 11. The van der Waals surface area contributed by atoms with E-state index < -0.39 is 78.5 Å². The molecule has 0 saturated carbocycles. The first-order chi connectivity index (χ1) is 30.4. The van der Waals surface area contributed by atoms with Gasteiger partial charge in [0.1, 0.15) is 30.5 Å². The molecule has 0 aromatic rings. The molecule has 0 bridgehead atoms. The normalized spacial score (nSPS) is 20.8. The number of carbonyl (C=O) groups excluding carboxylic acids is 1. The van der Waals surface area contributed by atoms with Crippen molar-refractivity contribution in [3.05, 3.63) is 0 Å². The van der Waals surface area contributed by atoms with Crippen LogP contribution in [0.3, 0.4) is 0 Å². The first kappa shape index (κ1) is 60.1. The summed E-state index contributed by atoms with van der Waals surface area (Å²) in [4.78, 5) is 13.2. The molecular weight excluding hydrogens is 827 g/mol. The van der Waals surface area contributed by atoms with Crippen molar-refractivity contribution in [3.63, 3.8) is 0 Å². The first-order valence-corrected chi connectivity index (χ1v) is 27.4. The minimum absolute atomic E-state index is 0.266. The average molecular weight is 924 g/mol. The minimum atomic E-state index is -5.11. The molecule has 8 atom stereocenters. The molecule has 1 aliphatic rings. The van der Waals surface area contributed by atoms with Crippen molar-refractivity contribution in [1.82, 2.24) is 5.32 Å². The van der Waals surface area contributed by atoms with Gasteiger partial charge in [-0.2, -0.15) is 8.42 Å². The summed E-state index contributed by atoms with van der Waals surface area (Å²) in [5.74, 6) is -0.665. The molecule has 376 valence electrons. The van der Waals surface area contributed by atoms with E-state index in [9.17, 15) is 43.3 Å². The van der Waals surface area contributed by atoms with Crippen molar-refractivity contribution in [2.45, 2.75) is 294 Å². The monoisotopic (exact) mass is 924 g/mol. The van der Waals surface area contributed by atoms with Gasteiger partial charge < -0.3 is 40.3 Å². The van der Waals surface area contributed by atoms with Gasteiger partial charge in [0.05, 0.1) is 25.4 Å². The van der Waals surface area contributed by atoms with E-state index in [0.717, 1.165) is 38.5 Å². The van der Waals surface area contributed by atoms with Crippen LogP contribution in [0.15, 0.2) is 0 Å². The first-order valence-electron chi connectivity index (χ1n) is 26.0. The molecule has 14 heteroatoms. The topological polar surface area (TPSA) is 212 Å². The fourth-order valence-corrected chi connectivity index (χ4v) is 9.15. The van der Waals surface area contributed by atoms with E-state index in [1.165, 1.54) is 167 Å². The van der Waals surface area contributed by atoms with Gasteiger partial charge in [-0.1, -0.05) is 232 Å². The molecule has 1 heterocycles. The van der Waals surface area contributed by atoms with Crippen molar-refractivity contribution in [2.75, 3.05) is 13.2 Å². The van der Waals surface area contributed by atoms with Crippen LogP contribution in [-0.4, -0.2) is 107 Å². The number of unbranched alkanes of at least 4 members (excludes halogenated alkanes) is 32. The molecule has 8 unspecified atom stereocenters. The Hall–Kier alpha value is -0.940. The molecule has 1 fully saturated rings. The van der Waals surface area contributed by atoms with Crippen LogP contribution in [0, 0.1) is 0 Å². The van der Waals surface area contributed by atoms with Crippen molar-refractivity contribution >= 4 is 16.3 Å². The lowest BCUT2D eigenvalue weighted by molar-refractivity contribution is -0.298. The van der Waals surface area contributed by atoms with Crippen LogP contribution in [0.25, 0.3) is 0 Å². The highest BCUT2D eigenvalue weighted by Gasteiger charge is 2.48. The van der Waals surface area contributed by atoms with E-state index in [1.807, 2.05) is 0 Å². The van der Waals surface area contributed by atoms with E-state index in [4.69, 9.17) is 9.47 Å². The van der Waals surface area contributed by atoms with Crippen LogP contribution in [0.2, 0.25) is 0 Å². The van der Waals surface area contributed by atoms with Gasteiger partial charge in [-0.3, -0.25) is 9.35 Å². The zero-order valence-electron chi connectivity index (χ0n) is 40.0. The van der Waals surface area contributed by atoms with Crippen molar-refractivity contribution in [2.24, 2.45) is 0 Å². The van der Waals surface area contributed by atoms with Gasteiger partial charge in [-0.15, -0.1) is 0 Å². The fraction of sp³-hybridized carbons (Fsp3) is 0.980. The van der Waals surface area contributed by atoms with E-state index in [0.29, 0.717) is 19.3 Å². The molecule has 63 heavy (non-hydrogen) atoms. The second-order valence-electron chi connectivity index (χ2n) is 18.6. The number of aliphatic hydroxyl groups is 5. The Kier molecular flexibility index (Phi) is 38.3. The van der Waals surface area contributed by atoms with Crippen LogP contribution < -0.4 is 5.32 Å². The average Bonchev–Trinajstić information content (AvgIpc) is 3.25. The number of carbonyl (C=O) groups is 1. The Balaban J connectivity index is 2.47. The highest BCUT2D eigenvalue weighted by Crippen LogP contribution is 2.26. The lowest BCUT2D eigenvalue weighted by Gasteiger charge is -2.41. The summed E-state index contributed by atoms with van der Waals surface area (Å²) >= 11 is 0. The Morgan fingerprint density at radius 2 is 0.921 bits per heavy atom. The third-order valence-electron chi connectivity index (χ3n) is 12.8. The molecule has 13 nitrogen and oxygen atoms in total.